The normalized spacial score (nSPS) is 15.6. The Morgan fingerprint density at radius 3 is 2.53 bits per heavy atom. The molecular weight excluding hydrogens is 406 g/mol. The van der Waals surface area contributed by atoms with E-state index in [9.17, 15) is 13.6 Å². The van der Waals surface area contributed by atoms with Crippen LogP contribution >= 0.6 is 0 Å². The highest BCUT2D eigenvalue weighted by Gasteiger charge is 2.25. The van der Waals surface area contributed by atoms with Crippen LogP contribution in [-0.2, 0) is 13.0 Å². The minimum Gasteiger partial charge on any atom is -0.356 e. The van der Waals surface area contributed by atoms with Crippen LogP contribution in [0, 0.1) is 11.6 Å². The van der Waals surface area contributed by atoms with Gasteiger partial charge in [0.05, 0.1) is 5.52 Å². The first kappa shape index (κ1) is 20.6. The van der Waals surface area contributed by atoms with Crippen molar-refractivity contribution in [1.82, 2.24) is 10.3 Å². The smallest absolute Gasteiger partial charge is 0.162 e. The Morgan fingerprint density at radius 1 is 0.969 bits per heavy atom. The van der Waals surface area contributed by atoms with Crippen molar-refractivity contribution < 1.29 is 13.6 Å². The van der Waals surface area contributed by atoms with Crippen molar-refractivity contribution in [1.29, 1.82) is 0 Å². The van der Waals surface area contributed by atoms with E-state index in [0.717, 1.165) is 52.6 Å². The molecule has 0 aliphatic carbocycles. The zero-order valence-corrected chi connectivity index (χ0v) is 17.6. The summed E-state index contributed by atoms with van der Waals surface area (Å²) in [5.41, 5.74) is 5.11. The molecule has 4 aromatic rings. The van der Waals surface area contributed by atoms with Crippen LogP contribution in [0.5, 0.6) is 0 Å². The zero-order chi connectivity index (χ0) is 22.1. The van der Waals surface area contributed by atoms with E-state index in [1.54, 1.807) is 18.2 Å². The third-order valence-electron chi connectivity index (χ3n) is 6.32. The number of ketones is 1. The van der Waals surface area contributed by atoms with Gasteiger partial charge >= 0.3 is 0 Å². The molecule has 0 fully saturated rings. The van der Waals surface area contributed by atoms with Crippen LogP contribution < -0.4 is 5.32 Å². The zero-order valence-electron chi connectivity index (χ0n) is 17.6. The third-order valence-corrected chi connectivity index (χ3v) is 6.32. The molecule has 5 heteroatoms. The van der Waals surface area contributed by atoms with Crippen LogP contribution in [0.1, 0.15) is 40.9 Å². The summed E-state index contributed by atoms with van der Waals surface area (Å²) in [6.45, 7) is 0.629. The lowest BCUT2D eigenvalue weighted by Gasteiger charge is -2.24. The predicted octanol–water partition coefficient (Wildman–Crippen LogP) is 6.18. The van der Waals surface area contributed by atoms with Gasteiger partial charge in [0.25, 0.3) is 0 Å². The summed E-state index contributed by atoms with van der Waals surface area (Å²) in [4.78, 5) is 15.6. The molecule has 1 atom stereocenters. The average molecular weight is 430 g/mol. The molecule has 0 radical (unpaired) electrons. The van der Waals surface area contributed by atoms with E-state index in [-0.39, 0.29) is 23.5 Å². The van der Waals surface area contributed by atoms with Crippen molar-refractivity contribution in [3.8, 4) is 11.1 Å². The minimum absolute atomic E-state index is 0.165. The van der Waals surface area contributed by atoms with E-state index in [4.69, 9.17) is 0 Å². The van der Waals surface area contributed by atoms with Gasteiger partial charge in [-0.3, -0.25) is 4.79 Å². The number of aromatic amines is 1. The fourth-order valence-corrected chi connectivity index (χ4v) is 4.68. The second-order valence-electron chi connectivity index (χ2n) is 8.40. The molecule has 0 spiro atoms. The number of H-pyrrole nitrogens is 1. The van der Waals surface area contributed by atoms with E-state index < -0.39 is 0 Å². The SMILES string of the molecule is O=C(CCCC1Cc2[nH]c3c(F)ccc(-c4ccc(F)cc4)c3c2CN1)c1ccccc1. The average Bonchev–Trinajstić information content (AvgIpc) is 3.20. The lowest BCUT2D eigenvalue weighted by molar-refractivity contribution is 0.0978. The molecule has 5 rings (SSSR count). The number of fused-ring (bicyclic) bond motifs is 3. The maximum atomic E-state index is 14.6. The summed E-state index contributed by atoms with van der Waals surface area (Å²) in [6.07, 6.45) is 2.95. The summed E-state index contributed by atoms with van der Waals surface area (Å²) in [5.74, 6) is -0.414. The fourth-order valence-electron chi connectivity index (χ4n) is 4.68. The highest BCUT2D eigenvalue weighted by Crippen LogP contribution is 2.36. The van der Waals surface area contributed by atoms with E-state index in [1.165, 1.54) is 18.2 Å². The van der Waals surface area contributed by atoms with Gasteiger partial charge < -0.3 is 10.3 Å². The number of hydrogen-bond donors (Lipinski definition) is 2. The summed E-state index contributed by atoms with van der Waals surface area (Å²) in [7, 11) is 0. The molecule has 1 unspecified atom stereocenters. The molecule has 0 amide bonds. The molecule has 1 aliphatic heterocycles. The predicted molar refractivity (Wildman–Crippen MR) is 123 cm³/mol. The maximum absolute atomic E-state index is 14.6. The van der Waals surface area contributed by atoms with Gasteiger partial charge in [-0.1, -0.05) is 48.5 Å². The molecule has 162 valence electrons. The topological polar surface area (TPSA) is 44.9 Å². The number of aromatic nitrogens is 1. The molecule has 3 nitrogen and oxygen atoms in total. The molecule has 0 bridgehead atoms. The standard InChI is InChI=1S/C27H24F2N2O/c28-19-11-9-17(10-12-19)21-13-14-23(29)27-26(21)22-16-30-20(15-24(22)31-27)7-4-8-25(32)18-5-2-1-3-6-18/h1-3,5-6,9-14,20,30-31H,4,7-8,15-16H2. The van der Waals surface area contributed by atoms with Gasteiger partial charge in [0.1, 0.15) is 11.6 Å². The van der Waals surface area contributed by atoms with Crippen molar-refractivity contribution in [3.05, 3.63) is 95.2 Å². The first-order valence-electron chi connectivity index (χ1n) is 11.0. The molecule has 2 N–H and O–H groups in total. The van der Waals surface area contributed by atoms with Gasteiger partial charge in [0.2, 0.25) is 0 Å². The molecule has 32 heavy (non-hydrogen) atoms. The molecule has 1 aromatic heterocycles. The van der Waals surface area contributed by atoms with Crippen LogP contribution in [0.4, 0.5) is 8.78 Å². The Morgan fingerprint density at radius 2 is 1.75 bits per heavy atom. The van der Waals surface area contributed by atoms with E-state index in [0.29, 0.717) is 18.5 Å². The number of rotatable bonds is 6. The Balaban J connectivity index is 1.34. The van der Waals surface area contributed by atoms with E-state index in [2.05, 4.69) is 10.3 Å². The van der Waals surface area contributed by atoms with Crippen LogP contribution in [0.15, 0.2) is 66.7 Å². The number of benzene rings is 3. The van der Waals surface area contributed by atoms with Gasteiger partial charge in [0, 0.05) is 42.1 Å². The van der Waals surface area contributed by atoms with Gasteiger partial charge in [-0.2, -0.15) is 0 Å². The lowest BCUT2D eigenvalue weighted by atomic mass is 9.93. The quantitative estimate of drug-likeness (QED) is 0.359. The number of carbonyl (C=O) groups excluding carboxylic acids is 1. The number of halogens is 2. The highest BCUT2D eigenvalue weighted by molar-refractivity contribution is 5.99. The number of nitrogens with one attached hydrogen (secondary N) is 2. The van der Waals surface area contributed by atoms with Crippen molar-refractivity contribution >= 4 is 16.7 Å². The summed E-state index contributed by atoms with van der Waals surface area (Å²) < 4.78 is 28.0. The summed E-state index contributed by atoms with van der Waals surface area (Å²) in [6, 6.07) is 19.1. The number of Topliss-reactive ketones (excluding diaryl/α,β-unsaturated/α-hetero) is 1. The summed E-state index contributed by atoms with van der Waals surface area (Å²) >= 11 is 0. The molecule has 1 aliphatic rings. The van der Waals surface area contributed by atoms with Crippen molar-refractivity contribution in [3.63, 3.8) is 0 Å². The van der Waals surface area contributed by atoms with E-state index in [1.807, 2.05) is 30.3 Å². The van der Waals surface area contributed by atoms with Gasteiger partial charge in [0.15, 0.2) is 5.78 Å². The van der Waals surface area contributed by atoms with Crippen molar-refractivity contribution in [2.45, 2.75) is 38.3 Å². The molecule has 0 saturated heterocycles. The largest absolute Gasteiger partial charge is 0.356 e. The van der Waals surface area contributed by atoms with Crippen molar-refractivity contribution in [2.75, 3.05) is 0 Å². The van der Waals surface area contributed by atoms with Crippen LogP contribution in [0.3, 0.4) is 0 Å². The van der Waals surface area contributed by atoms with Crippen LogP contribution in [0.25, 0.3) is 22.0 Å². The second kappa shape index (κ2) is 8.67. The Labute approximate surface area is 185 Å². The third kappa shape index (κ3) is 3.96. The van der Waals surface area contributed by atoms with E-state index >= 15 is 0 Å². The fraction of sp³-hybridized carbons (Fsp3) is 0.222. The first-order valence-corrected chi connectivity index (χ1v) is 11.0. The minimum atomic E-state index is -0.293. The van der Waals surface area contributed by atoms with Crippen molar-refractivity contribution in [2.24, 2.45) is 0 Å². The second-order valence-corrected chi connectivity index (χ2v) is 8.40. The number of carbonyl (C=O) groups is 1. The van der Waals surface area contributed by atoms with Gasteiger partial charge in [-0.05, 0) is 47.7 Å². The summed E-state index contributed by atoms with van der Waals surface area (Å²) in [5, 5.41) is 4.42. The Kier molecular flexibility index (Phi) is 5.58. The van der Waals surface area contributed by atoms with Gasteiger partial charge in [-0.25, -0.2) is 8.78 Å². The molecular formula is C27H24F2N2O. The number of hydrogen-bond acceptors (Lipinski definition) is 2. The Bertz CT molecular complexity index is 1260. The molecule has 0 saturated carbocycles. The van der Waals surface area contributed by atoms with Gasteiger partial charge in [-0.15, -0.1) is 0 Å². The molecule has 2 heterocycles. The maximum Gasteiger partial charge on any atom is 0.162 e. The Hall–Kier alpha value is -3.31. The highest BCUT2D eigenvalue weighted by atomic mass is 19.1. The molecule has 3 aromatic carbocycles. The van der Waals surface area contributed by atoms with Crippen LogP contribution in [0.2, 0.25) is 0 Å². The first-order chi connectivity index (χ1) is 15.6. The lowest BCUT2D eigenvalue weighted by Crippen LogP contribution is -2.35. The monoisotopic (exact) mass is 430 g/mol. The van der Waals surface area contributed by atoms with Crippen LogP contribution in [-0.4, -0.2) is 16.8 Å².